The van der Waals surface area contributed by atoms with E-state index in [1.165, 1.54) is 10.8 Å². The number of pyridine rings is 1. The van der Waals surface area contributed by atoms with Gasteiger partial charge >= 0.3 is 0 Å². The van der Waals surface area contributed by atoms with Crippen molar-refractivity contribution in [3.8, 4) is 0 Å². The minimum Gasteiger partial charge on any atom is -0.384 e. The van der Waals surface area contributed by atoms with Crippen LogP contribution in [-0.2, 0) is 11.3 Å². The summed E-state index contributed by atoms with van der Waals surface area (Å²) in [4.78, 5) is 7.18. The lowest BCUT2D eigenvalue weighted by atomic mass is 9.97. The molecule has 4 nitrogen and oxygen atoms in total. The second kappa shape index (κ2) is 6.41. The standard InChI is InChI=1S/C17H23N3O/c1-21-12-13-6-8-20(9-7-13)17-16-5-3-2-4-14(16)10-15(11-18)19-17/h2-5,10,13H,6-9,11-12,18H2,1H3. The third-order valence-corrected chi connectivity index (χ3v) is 4.30. The molecule has 2 N–H and O–H groups in total. The molecule has 21 heavy (non-hydrogen) atoms. The Morgan fingerprint density at radius 1 is 1.29 bits per heavy atom. The van der Waals surface area contributed by atoms with Gasteiger partial charge < -0.3 is 15.4 Å². The van der Waals surface area contributed by atoms with Gasteiger partial charge in [-0.2, -0.15) is 0 Å². The molecular weight excluding hydrogens is 262 g/mol. The number of rotatable bonds is 4. The Bertz CT molecular complexity index is 606. The number of nitrogens with zero attached hydrogens (tertiary/aromatic N) is 2. The Hall–Kier alpha value is -1.65. The Labute approximate surface area is 125 Å². The van der Waals surface area contributed by atoms with Crippen LogP contribution in [-0.4, -0.2) is 31.8 Å². The lowest BCUT2D eigenvalue weighted by Crippen LogP contribution is -2.35. The fraction of sp³-hybridized carbons (Fsp3) is 0.471. The third-order valence-electron chi connectivity index (χ3n) is 4.30. The molecule has 0 saturated carbocycles. The van der Waals surface area contributed by atoms with Crippen LogP contribution < -0.4 is 10.6 Å². The Balaban J connectivity index is 1.89. The van der Waals surface area contributed by atoms with Crippen molar-refractivity contribution in [2.24, 2.45) is 11.7 Å². The second-order valence-electron chi connectivity index (χ2n) is 5.75. The zero-order chi connectivity index (χ0) is 14.7. The Morgan fingerprint density at radius 3 is 2.76 bits per heavy atom. The van der Waals surface area contributed by atoms with Gasteiger partial charge in [0.25, 0.3) is 0 Å². The molecule has 2 aromatic rings. The quantitative estimate of drug-likeness (QED) is 0.938. The van der Waals surface area contributed by atoms with Crippen molar-refractivity contribution in [2.45, 2.75) is 19.4 Å². The average Bonchev–Trinajstić information content (AvgIpc) is 2.55. The first-order valence-electron chi connectivity index (χ1n) is 7.64. The number of nitrogens with two attached hydrogens (primary N) is 1. The van der Waals surface area contributed by atoms with Crippen molar-refractivity contribution < 1.29 is 4.74 Å². The fourth-order valence-electron chi connectivity index (χ4n) is 3.13. The normalized spacial score (nSPS) is 16.6. The van der Waals surface area contributed by atoms with E-state index < -0.39 is 0 Å². The molecule has 0 bridgehead atoms. The van der Waals surface area contributed by atoms with E-state index in [2.05, 4.69) is 35.2 Å². The van der Waals surface area contributed by atoms with Crippen molar-refractivity contribution in [3.63, 3.8) is 0 Å². The van der Waals surface area contributed by atoms with Crippen molar-refractivity contribution in [2.75, 3.05) is 31.7 Å². The predicted molar refractivity (Wildman–Crippen MR) is 86.4 cm³/mol. The van der Waals surface area contributed by atoms with E-state index in [-0.39, 0.29) is 0 Å². The molecule has 112 valence electrons. The van der Waals surface area contributed by atoms with Crippen LogP contribution >= 0.6 is 0 Å². The lowest BCUT2D eigenvalue weighted by Gasteiger charge is -2.33. The van der Waals surface area contributed by atoms with Crippen molar-refractivity contribution in [3.05, 3.63) is 36.0 Å². The maximum absolute atomic E-state index is 5.80. The number of anilines is 1. The molecule has 3 rings (SSSR count). The molecule has 4 heteroatoms. The monoisotopic (exact) mass is 285 g/mol. The van der Waals surface area contributed by atoms with Gasteiger partial charge in [0.1, 0.15) is 5.82 Å². The third kappa shape index (κ3) is 3.01. The van der Waals surface area contributed by atoms with Gasteiger partial charge in [-0.1, -0.05) is 24.3 Å². The summed E-state index contributed by atoms with van der Waals surface area (Å²) in [5, 5.41) is 2.45. The highest BCUT2D eigenvalue weighted by Gasteiger charge is 2.21. The van der Waals surface area contributed by atoms with Crippen LogP contribution in [0.4, 0.5) is 5.82 Å². The number of benzene rings is 1. The van der Waals surface area contributed by atoms with Crippen LogP contribution in [0.5, 0.6) is 0 Å². The van der Waals surface area contributed by atoms with Gasteiger partial charge in [-0.25, -0.2) is 4.98 Å². The summed E-state index contributed by atoms with van der Waals surface area (Å²) in [6, 6.07) is 10.5. The van der Waals surface area contributed by atoms with Gasteiger partial charge in [0.15, 0.2) is 0 Å². The smallest absolute Gasteiger partial charge is 0.136 e. The molecule has 1 saturated heterocycles. The maximum atomic E-state index is 5.80. The predicted octanol–water partition coefficient (Wildman–Crippen LogP) is 2.56. The first-order chi connectivity index (χ1) is 10.3. The molecule has 1 aromatic carbocycles. The number of hydrogen-bond acceptors (Lipinski definition) is 4. The van der Waals surface area contributed by atoms with Gasteiger partial charge in [-0.05, 0) is 30.2 Å². The first-order valence-corrected chi connectivity index (χ1v) is 7.64. The molecular formula is C17H23N3O. The second-order valence-corrected chi connectivity index (χ2v) is 5.75. The van der Waals surface area contributed by atoms with Gasteiger partial charge in [-0.3, -0.25) is 0 Å². The summed E-state index contributed by atoms with van der Waals surface area (Å²) in [7, 11) is 1.78. The summed E-state index contributed by atoms with van der Waals surface area (Å²) in [6.07, 6.45) is 2.33. The summed E-state index contributed by atoms with van der Waals surface area (Å²) < 4.78 is 5.28. The van der Waals surface area contributed by atoms with E-state index in [9.17, 15) is 0 Å². The molecule has 0 unspecified atom stereocenters. The van der Waals surface area contributed by atoms with Crippen LogP contribution in [0.3, 0.4) is 0 Å². The van der Waals surface area contributed by atoms with E-state index in [0.717, 1.165) is 44.0 Å². The lowest BCUT2D eigenvalue weighted by molar-refractivity contribution is 0.139. The molecule has 2 heterocycles. The number of ether oxygens (including phenoxy) is 1. The first kappa shape index (κ1) is 14.3. The number of methoxy groups -OCH3 is 1. The average molecular weight is 285 g/mol. The molecule has 0 radical (unpaired) electrons. The molecule has 1 aromatic heterocycles. The van der Waals surface area contributed by atoms with Crippen LogP contribution in [0.2, 0.25) is 0 Å². The van der Waals surface area contributed by atoms with Gasteiger partial charge in [0.2, 0.25) is 0 Å². The van der Waals surface area contributed by atoms with Crippen molar-refractivity contribution in [1.82, 2.24) is 4.98 Å². The number of fused-ring (bicyclic) bond motifs is 1. The Kier molecular flexibility index (Phi) is 4.36. The molecule has 1 aliphatic heterocycles. The van der Waals surface area contributed by atoms with E-state index >= 15 is 0 Å². The number of piperidine rings is 1. The number of hydrogen-bond donors (Lipinski definition) is 1. The molecule has 0 amide bonds. The zero-order valence-corrected chi connectivity index (χ0v) is 12.6. The molecule has 1 fully saturated rings. The van der Waals surface area contributed by atoms with Crippen molar-refractivity contribution >= 4 is 16.6 Å². The summed E-state index contributed by atoms with van der Waals surface area (Å²) in [5.74, 6) is 1.76. The topological polar surface area (TPSA) is 51.4 Å². The summed E-state index contributed by atoms with van der Waals surface area (Å²) in [6.45, 7) is 3.43. The van der Waals surface area contributed by atoms with Gasteiger partial charge in [-0.15, -0.1) is 0 Å². The van der Waals surface area contributed by atoms with Crippen LogP contribution in [0.15, 0.2) is 30.3 Å². The van der Waals surface area contributed by atoms with Gasteiger partial charge in [0.05, 0.1) is 5.69 Å². The molecule has 0 spiro atoms. The van der Waals surface area contributed by atoms with E-state index in [4.69, 9.17) is 15.5 Å². The van der Waals surface area contributed by atoms with E-state index in [0.29, 0.717) is 12.5 Å². The highest BCUT2D eigenvalue weighted by atomic mass is 16.5. The number of aromatic nitrogens is 1. The highest BCUT2D eigenvalue weighted by molar-refractivity contribution is 5.92. The fourth-order valence-corrected chi connectivity index (χ4v) is 3.13. The van der Waals surface area contributed by atoms with Crippen LogP contribution in [0.25, 0.3) is 10.8 Å². The van der Waals surface area contributed by atoms with Crippen molar-refractivity contribution in [1.29, 1.82) is 0 Å². The minimum absolute atomic E-state index is 0.484. The molecule has 0 atom stereocenters. The van der Waals surface area contributed by atoms with Crippen LogP contribution in [0, 0.1) is 5.92 Å². The maximum Gasteiger partial charge on any atom is 0.136 e. The Morgan fingerprint density at radius 2 is 2.05 bits per heavy atom. The summed E-state index contributed by atoms with van der Waals surface area (Å²) >= 11 is 0. The SMILES string of the molecule is COCC1CCN(c2nc(CN)cc3ccccc23)CC1. The van der Waals surface area contributed by atoms with E-state index in [1.54, 1.807) is 7.11 Å². The largest absolute Gasteiger partial charge is 0.384 e. The molecule has 1 aliphatic rings. The summed E-state index contributed by atoms with van der Waals surface area (Å²) in [5.41, 5.74) is 6.76. The van der Waals surface area contributed by atoms with E-state index in [1.807, 2.05) is 0 Å². The highest BCUT2D eigenvalue weighted by Crippen LogP contribution is 2.29. The minimum atomic E-state index is 0.484. The zero-order valence-electron chi connectivity index (χ0n) is 12.6. The molecule has 0 aliphatic carbocycles. The van der Waals surface area contributed by atoms with Crippen LogP contribution in [0.1, 0.15) is 18.5 Å². The van der Waals surface area contributed by atoms with Gasteiger partial charge in [0, 0.05) is 38.7 Å².